The van der Waals surface area contributed by atoms with Crippen molar-refractivity contribution in [3.8, 4) is 17.0 Å². The number of ether oxygens (including phenoxy) is 3. The number of esters is 1. The molecule has 0 aliphatic heterocycles. The fraction of sp³-hybridized carbons (Fsp3) is 0.375. The SMILES string of the molecule is COc1nc(N(C)C(=O)COCCN)ccc1-c1cc2c(C(=O)OC(C)(C)C)c[nH]c2cc1Cl. The zero-order valence-electron chi connectivity index (χ0n) is 19.9. The topological polar surface area (TPSA) is 120 Å². The number of halogens is 1. The van der Waals surface area contributed by atoms with E-state index in [0.29, 0.717) is 51.6 Å². The van der Waals surface area contributed by atoms with Gasteiger partial charge in [-0.25, -0.2) is 4.79 Å². The van der Waals surface area contributed by atoms with Crippen molar-refractivity contribution in [1.29, 1.82) is 0 Å². The molecular formula is C24H29ClN4O5. The van der Waals surface area contributed by atoms with Crippen LogP contribution in [0.3, 0.4) is 0 Å². The molecule has 0 saturated heterocycles. The number of pyridine rings is 1. The van der Waals surface area contributed by atoms with Crippen LogP contribution >= 0.6 is 11.6 Å². The average Bonchev–Trinajstić information content (AvgIpc) is 3.19. The van der Waals surface area contributed by atoms with Crippen molar-refractivity contribution in [2.75, 3.05) is 38.8 Å². The first-order chi connectivity index (χ1) is 16.1. The summed E-state index contributed by atoms with van der Waals surface area (Å²) in [7, 11) is 3.08. The van der Waals surface area contributed by atoms with Crippen LogP contribution in [0.5, 0.6) is 5.88 Å². The lowest BCUT2D eigenvalue weighted by Crippen LogP contribution is -2.31. The Morgan fingerprint density at radius 1 is 1.21 bits per heavy atom. The quantitative estimate of drug-likeness (QED) is 0.365. The number of anilines is 1. The number of rotatable bonds is 8. The Bertz CT molecular complexity index is 1200. The molecule has 3 N–H and O–H groups in total. The second-order valence-corrected chi connectivity index (χ2v) is 9.01. The molecule has 2 aromatic heterocycles. The summed E-state index contributed by atoms with van der Waals surface area (Å²) in [6, 6.07) is 6.98. The highest BCUT2D eigenvalue weighted by molar-refractivity contribution is 6.34. The van der Waals surface area contributed by atoms with E-state index >= 15 is 0 Å². The Kier molecular flexibility index (Phi) is 7.81. The van der Waals surface area contributed by atoms with Crippen LogP contribution in [0.2, 0.25) is 5.02 Å². The Balaban J connectivity index is 1.98. The molecule has 10 heteroatoms. The summed E-state index contributed by atoms with van der Waals surface area (Å²) < 4.78 is 16.2. The third-order valence-corrected chi connectivity index (χ3v) is 5.24. The molecule has 3 aromatic rings. The van der Waals surface area contributed by atoms with Crippen LogP contribution in [0.4, 0.5) is 5.82 Å². The highest BCUT2D eigenvalue weighted by Crippen LogP contribution is 2.38. The van der Waals surface area contributed by atoms with Crippen molar-refractivity contribution in [3.63, 3.8) is 0 Å². The summed E-state index contributed by atoms with van der Waals surface area (Å²) in [5, 5.41) is 1.10. The number of nitrogens with one attached hydrogen (secondary N) is 1. The molecule has 0 saturated carbocycles. The molecule has 9 nitrogen and oxygen atoms in total. The average molecular weight is 489 g/mol. The van der Waals surface area contributed by atoms with Crippen LogP contribution in [0.15, 0.2) is 30.5 Å². The molecule has 0 spiro atoms. The minimum absolute atomic E-state index is 0.108. The lowest BCUT2D eigenvalue weighted by atomic mass is 10.0. The first-order valence-electron chi connectivity index (χ1n) is 10.7. The number of aromatic amines is 1. The molecule has 2 heterocycles. The van der Waals surface area contributed by atoms with E-state index in [1.165, 1.54) is 12.0 Å². The largest absolute Gasteiger partial charge is 0.480 e. The van der Waals surface area contributed by atoms with E-state index in [1.54, 1.807) is 37.5 Å². The second kappa shape index (κ2) is 10.4. The molecule has 0 unspecified atom stereocenters. The van der Waals surface area contributed by atoms with E-state index in [1.807, 2.05) is 20.8 Å². The van der Waals surface area contributed by atoms with Crippen molar-refractivity contribution in [3.05, 3.63) is 41.0 Å². The first kappa shape index (κ1) is 25.5. The summed E-state index contributed by atoms with van der Waals surface area (Å²) in [5.74, 6) is -0.0557. The van der Waals surface area contributed by atoms with Crippen LogP contribution in [0, 0.1) is 0 Å². The number of amides is 1. The fourth-order valence-corrected chi connectivity index (χ4v) is 3.56. The lowest BCUT2D eigenvalue weighted by molar-refractivity contribution is -0.122. The highest BCUT2D eigenvalue weighted by atomic mass is 35.5. The summed E-state index contributed by atoms with van der Waals surface area (Å²) in [4.78, 5) is 34.0. The lowest BCUT2D eigenvalue weighted by Gasteiger charge is -2.19. The van der Waals surface area contributed by atoms with E-state index < -0.39 is 11.6 Å². The van der Waals surface area contributed by atoms with Gasteiger partial charge in [-0.3, -0.25) is 9.69 Å². The van der Waals surface area contributed by atoms with E-state index in [2.05, 4.69) is 9.97 Å². The van der Waals surface area contributed by atoms with Gasteiger partial charge in [0.2, 0.25) is 5.88 Å². The van der Waals surface area contributed by atoms with Gasteiger partial charge < -0.3 is 24.9 Å². The van der Waals surface area contributed by atoms with Gasteiger partial charge in [-0.05, 0) is 45.0 Å². The van der Waals surface area contributed by atoms with Crippen LogP contribution in [-0.2, 0) is 14.3 Å². The normalized spacial score (nSPS) is 11.5. The number of aromatic nitrogens is 2. The fourth-order valence-electron chi connectivity index (χ4n) is 3.30. The maximum Gasteiger partial charge on any atom is 0.340 e. The minimum atomic E-state index is -0.627. The molecule has 0 radical (unpaired) electrons. The first-order valence-corrected chi connectivity index (χ1v) is 11.1. The number of methoxy groups -OCH3 is 1. The van der Waals surface area contributed by atoms with Gasteiger partial charge >= 0.3 is 5.97 Å². The van der Waals surface area contributed by atoms with E-state index in [9.17, 15) is 9.59 Å². The number of nitrogens with two attached hydrogens (primary N) is 1. The van der Waals surface area contributed by atoms with E-state index in [-0.39, 0.29) is 18.4 Å². The molecule has 0 aliphatic rings. The predicted molar refractivity (Wildman–Crippen MR) is 132 cm³/mol. The van der Waals surface area contributed by atoms with Gasteiger partial charge in [-0.15, -0.1) is 0 Å². The third-order valence-electron chi connectivity index (χ3n) is 4.92. The molecule has 0 atom stereocenters. The summed E-state index contributed by atoms with van der Waals surface area (Å²) in [6.45, 7) is 5.95. The van der Waals surface area contributed by atoms with Crippen molar-refractivity contribution in [2.45, 2.75) is 26.4 Å². The van der Waals surface area contributed by atoms with Crippen LogP contribution in [0.25, 0.3) is 22.0 Å². The van der Waals surface area contributed by atoms with Crippen LogP contribution < -0.4 is 15.4 Å². The maximum atomic E-state index is 12.7. The molecule has 1 aromatic carbocycles. The van der Waals surface area contributed by atoms with Crippen molar-refractivity contribution in [1.82, 2.24) is 9.97 Å². The molecule has 182 valence electrons. The molecule has 0 aliphatic carbocycles. The van der Waals surface area contributed by atoms with Crippen LogP contribution in [0.1, 0.15) is 31.1 Å². The number of hydrogen-bond donors (Lipinski definition) is 2. The number of carbonyl (C=O) groups excluding carboxylic acids is 2. The molecule has 0 bridgehead atoms. The third kappa shape index (κ3) is 5.67. The smallest absolute Gasteiger partial charge is 0.340 e. The zero-order valence-corrected chi connectivity index (χ0v) is 20.7. The number of carbonyl (C=O) groups is 2. The molecule has 3 rings (SSSR count). The summed E-state index contributed by atoms with van der Waals surface area (Å²) in [6.07, 6.45) is 1.60. The minimum Gasteiger partial charge on any atom is -0.480 e. The number of hydrogen-bond acceptors (Lipinski definition) is 7. The van der Waals surface area contributed by atoms with Gasteiger partial charge in [0.05, 0.1) is 24.3 Å². The predicted octanol–water partition coefficient (Wildman–Crippen LogP) is 3.79. The standard InChI is InChI=1S/C24H29ClN4O5/c1-24(2,3)34-23(31)17-12-27-19-11-18(25)15(10-16(17)19)14-6-7-20(28-22(14)32-5)29(4)21(30)13-33-9-8-26/h6-7,10-12,27H,8-9,13,26H2,1-5H3. The van der Waals surface area contributed by atoms with Gasteiger partial charge in [-0.2, -0.15) is 4.98 Å². The second-order valence-electron chi connectivity index (χ2n) is 8.60. The van der Waals surface area contributed by atoms with Crippen molar-refractivity contribution in [2.24, 2.45) is 5.73 Å². The van der Waals surface area contributed by atoms with Gasteiger partial charge in [0, 0.05) is 41.8 Å². The molecule has 34 heavy (non-hydrogen) atoms. The Hall–Kier alpha value is -3.14. The molecule has 1 amide bonds. The number of benzene rings is 1. The van der Waals surface area contributed by atoms with E-state index in [4.69, 9.17) is 31.5 Å². The van der Waals surface area contributed by atoms with Gasteiger partial charge in [0.15, 0.2) is 0 Å². The van der Waals surface area contributed by atoms with Gasteiger partial charge in [0.1, 0.15) is 18.0 Å². The Morgan fingerprint density at radius 2 is 1.94 bits per heavy atom. The molecular weight excluding hydrogens is 460 g/mol. The Labute approximate surface area is 203 Å². The number of nitrogens with zero attached hydrogens (tertiary/aromatic N) is 2. The van der Waals surface area contributed by atoms with Gasteiger partial charge in [-0.1, -0.05) is 11.6 Å². The van der Waals surface area contributed by atoms with Crippen molar-refractivity contribution >= 4 is 40.2 Å². The molecule has 0 fully saturated rings. The summed E-state index contributed by atoms with van der Waals surface area (Å²) in [5.41, 5.74) is 7.08. The zero-order chi connectivity index (χ0) is 25.0. The number of H-pyrrole nitrogens is 1. The van der Waals surface area contributed by atoms with Crippen molar-refractivity contribution < 1.29 is 23.8 Å². The van der Waals surface area contributed by atoms with E-state index in [0.717, 1.165) is 0 Å². The highest BCUT2D eigenvalue weighted by Gasteiger charge is 2.23. The number of likely N-dealkylation sites (N-methyl/N-ethyl adjacent to an activating group) is 1. The maximum absolute atomic E-state index is 12.7. The Morgan fingerprint density at radius 3 is 2.59 bits per heavy atom. The summed E-state index contributed by atoms with van der Waals surface area (Å²) >= 11 is 6.57. The monoisotopic (exact) mass is 488 g/mol. The van der Waals surface area contributed by atoms with Crippen LogP contribution in [-0.4, -0.2) is 61.4 Å². The van der Waals surface area contributed by atoms with Gasteiger partial charge in [0.25, 0.3) is 5.91 Å². The number of fused-ring (bicyclic) bond motifs is 1.